The monoisotopic (exact) mass is 256 g/mol. The van der Waals surface area contributed by atoms with E-state index in [1.54, 1.807) is 12.3 Å². The summed E-state index contributed by atoms with van der Waals surface area (Å²) >= 11 is 0. The molecule has 90 valence electrons. The van der Waals surface area contributed by atoms with E-state index in [4.69, 9.17) is 4.55 Å². The Labute approximate surface area is 97.1 Å². The van der Waals surface area contributed by atoms with Crippen LogP contribution in [0, 0.1) is 0 Å². The average Bonchev–Trinajstić information content (AvgIpc) is 2.79. The highest BCUT2D eigenvalue weighted by Crippen LogP contribution is 2.08. The number of H-pyrrole nitrogens is 1. The normalized spacial score (nSPS) is 11.6. The summed E-state index contributed by atoms with van der Waals surface area (Å²) in [5, 5.41) is 10.4. The molecule has 0 aliphatic rings. The lowest BCUT2D eigenvalue weighted by Crippen LogP contribution is -2.40. The number of nitrogens with zero attached hydrogens (tertiary/aromatic N) is 4. The van der Waals surface area contributed by atoms with Gasteiger partial charge in [0.15, 0.2) is 18.6 Å². The Morgan fingerprint density at radius 2 is 2.29 bits per heavy atom. The summed E-state index contributed by atoms with van der Waals surface area (Å²) in [6.45, 7) is 0.0928. The molecule has 2 N–H and O–H groups in total. The van der Waals surface area contributed by atoms with E-state index in [1.165, 1.54) is 17.2 Å². The maximum absolute atomic E-state index is 10.5. The van der Waals surface area contributed by atoms with Crippen LogP contribution in [0.2, 0.25) is 0 Å². The second-order valence-electron chi connectivity index (χ2n) is 3.30. The molecule has 2 aromatic rings. The van der Waals surface area contributed by atoms with Gasteiger partial charge >= 0.3 is 0 Å². The smallest absolute Gasteiger partial charge is 0.271 e. The zero-order valence-corrected chi connectivity index (χ0v) is 9.50. The second-order valence-corrected chi connectivity index (χ2v) is 4.87. The van der Waals surface area contributed by atoms with Gasteiger partial charge in [0.1, 0.15) is 18.3 Å². The van der Waals surface area contributed by atoms with Crippen molar-refractivity contribution in [3.63, 3.8) is 0 Å². The highest BCUT2D eigenvalue weighted by Gasteiger charge is 2.11. The van der Waals surface area contributed by atoms with E-state index >= 15 is 0 Å². The molecule has 0 aliphatic heterocycles. The van der Waals surface area contributed by atoms with Gasteiger partial charge in [0.25, 0.3) is 10.1 Å². The largest absolute Gasteiger partial charge is 0.285 e. The minimum atomic E-state index is -3.97. The van der Waals surface area contributed by atoms with Crippen LogP contribution in [0.15, 0.2) is 24.8 Å². The quantitative estimate of drug-likeness (QED) is 0.538. The first-order valence-electron chi connectivity index (χ1n) is 4.71. The van der Waals surface area contributed by atoms with Gasteiger partial charge in [0.2, 0.25) is 0 Å². The van der Waals surface area contributed by atoms with Gasteiger partial charge in [-0.1, -0.05) is 4.68 Å². The summed E-state index contributed by atoms with van der Waals surface area (Å²) in [6, 6.07) is 1.72. The fourth-order valence-corrected chi connectivity index (χ4v) is 1.63. The molecular weight excluding hydrogens is 246 g/mol. The molecule has 0 fully saturated rings. The minimum absolute atomic E-state index is 0.0928. The van der Waals surface area contributed by atoms with Gasteiger partial charge in [-0.05, 0) is 5.10 Å². The number of aromatic amines is 1. The molecule has 2 heterocycles. The number of nitrogens with one attached hydrogen (secondary N) is 1. The molecular formula is C8H10N5O3S+. The molecule has 0 radical (unpaired) electrons. The lowest BCUT2D eigenvalue weighted by molar-refractivity contribution is -0.750. The van der Waals surface area contributed by atoms with E-state index in [9.17, 15) is 8.42 Å². The molecule has 8 nitrogen and oxygen atoms in total. The summed E-state index contributed by atoms with van der Waals surface area (Å²) in [6.07, 6.45) is 4.52. The average molecular weight is 256 g/mol. The fourth-order valence-electron chi connectivity index (χ4n) is 1.21. The van der Waals surface area contributed by atoms with Crippen LogP contribution in [-0.2, 0) is 16.7 Å². The van der Waals surface area contributed by atoms with Crippen LogP contribution in [0.3, 0.4) is 0 Å². The van der Waals surface area contributed by atoms with E-state index in [2.05, 4.69) is 20.3 Å². The molecule has 2 rings (SSSR count). The zero-order valence-electron chi connectivity index (χ0n) is 8.68. The van der Waals surface area contributed by atoms with Crippen molar-refractivity contribution in [1.82, 2.24) is 20.3 Å². The van der Waals surface area contributed by atoms with Gasteiger partial charge in [0, 0.05) is 11.6 Å². The maximum atomic E-state index is 10.5. The number of hydrogen-bond donors (Lipinski definition) is 2. The SMILES string of the molecule is O=S(=O)(O)CC[n+]1ccc(-c2ncn[nH]2)cn1. The molecule has 9 heteroatoms. The Balaban J connectivity index is 2.09. The maximum Gasteiger partial charge on any atom is 0.271 e. The number of hydrogen-bond acceptors (Lipinski definition) is 5. The summed E-state index contributed by atoms with van der Waals surface area (Å²) in [4.78, 5) is 3.95. The van der Waals surface area contributed by atoms with Crippen LogP contribution in [0.5, 0.6) is 0 Å². The van der Waals surface area contributed by atoms with Crippen LogP contribution in [0.25, 0.3) is 11.4 Å². The first kappa shape index (κ1) is 11.6. The molecule has 0 saturated carbocycles. The van der Waals surface area contributed by atoms with E-state index in [1.807, 2.05) is 0 Å². The topological polar surface area (TPSA) is 113 Å². The van der Waals surface area contributed by atoms with Crippen molar-refractivity contribution in [2.75, 3.05) is 5.75 Å². The van der Waals surface area contributed by atoms with Crippen molar-refractivity contribution in [3.8, 4) is 11.4 Å². The van der Waals surface area contributed by atoms with Crippen molar-refractivity contribution < 1.29 is 17.7 Å². The Kier molecular flexibility index (Phi) is 3.11. The van der Waals surface area contributed by atoms with Crippen LogP contribution < -0.4 is 4.68 Å². The Hall–Kier alpha value is -1.87. The van der Waals surface area contributed by atoms with Crippen molar-refractivity contribution in [2.45, 2.75) is 6.54 Å². The van der Waals surface area contributed by atoms with Crippen LogP contribution >= 0.6 is 0 Å². The van der Waals surface area contributed by atoms with Crippen molar-refractivity contribution in [1.29, 1.82) is 0 Å². The van der Waals surface area contributed by atoms with Crippen molar-refractivity contribution in [2.24, 2.45) is 0 Å². The van der Waals surface area contributed by atoms with Gasteiger partial charge in [-0.15, -0.1) is 0 Å². The van der Waals surface area contributed by atoms with Crippen molar-refractivity contribution >= 4 is 10.1 Å². The van der Waals surface area contributed by atoms with Crippen LogP contribution in [0.4, 0.5) is 0 Å². The first-order valence-corrected chi connectivity index (χ1v) is 6.32. The molecule has 0 saturated heterocycles. The Morgan fingerprint density at radius 1 is 1.47 bits per heavy atom. The summed E-state index contributed by atoms with van der Waals surface area (Å²) < 4.78 is 31.1. The molecule has 0 aromatic carbocycles. The third-order valence-corrected chi connectivity index (χ3v) is 2.74. The summed E-state index contributed by atoms with van der Waals surface area (Å²) in [7, 11) is -3.97. The molecule has 0 bridgehead atoms. The molecule has 0 amide bonds. The van der Waals surface area contributed by atoms with E-state index < -0.39 is 10.1 Å². The third-order valence-electron chi connectivity index (χ3n) is 2.04. The molecule has 2 aromatic heterocycles. The van der Waals surface area contributed by atoms with E-state index in [0.29, 0.717) is 5.82 Å². The van der Waals surface area contributed by atoms with Gasteiger partial charge in [-0.2, -0.15) is 13.5 Å². The van der Waals surface area contributed by atoms with Gasteiger partial charge < -0.3 is 0 Å². The lowest BCUT2D eigenvalue weighted by atomic mass is 10.3. The highest BCUT2D eigenvalue weighted by molar-refractivity contribution is 7.85. The Morgan fingerprint density at radius 3 is 2.82 bits per heavy atom. The van der Waals surface area contributed by atoms with Gasteiger partial charge in [0.05, 0.1) is 0 Å². The molecule has 17 heavy (non-hydrogen) atoms. The van der Waals surface area contributed by atoms with E-state index in [-0.39, 0.29) is 12.3 Å². The van der Waals surface area contributed by atoms with Crippen LogP contribution in [-0.4, -0.2) is 39.0 Å². The standard InChI is InChI=1S/C8H9N5O3S/c14-17(15,16)4-3-13-2-1-7(5-11-13)8-9-6-10-12-8/h1-2,5-6H,3-4H2,(H,14,15,16)/p+1. The minimum Gasteiger partial charge on any atom is -0.285 e. The fraction of sp³-hybridized carbons (Fsp3) is 0.250. The second kappa shape index (κ2) is 4.55. The molecule has 0 spiro atoms. The third kappa shape index (κ3) is 3.29. The molecule has 0 aliphatic carbocycles. The molecule has 0 unspecified atom stereocenters. The van der Waals surface area contributed by atoms with Gasteiger partial charge in [-0.25, -0.2) is 4.98 Å². The van der Waals surface area contributed by atoms with E-state index in [0.717, 1.165) is 5.56 Å². The molecule has 0 atom stereocenters. The number of aryl methyl sites for hydroxylation is 1. The first-order chi connectivity index (χ1) is 8.04. The lowest BCUT2D eigenvalue weighted by Gasteiger charge is -1.95. The van der Waals surface area contributed by atoms with Gasteiger partial charge in [-0.3, -0.25) is 9.65 Å². The Bertz CT molecular complexity index is 578. The number of rotatable bonds is 4. The van der Waals surface area contributed by atoms with Crippen molar-refractivity contribution in [3.05, 3.63) is 24.8 Å². The van der Waals surface area contributed by atoms with Crippen LogP contribution in [0.1, 0.15) is 0 Å². The predicted octanol–water partition coefficient (Wildman–Crippen LogP) is -0.958. The zero-order chi connectivity index (χ0) is 12.3. The predicted molar refractivity (Wildman–Crippen MR) is 56.2 cm³/mol. The summed E-state index contributed by atoms with van der Waals surface area (Å²) in [5.74, 6) is 0.214. The highest BCUT2D eigenvalue weighted by atomic mass is 32.2. The number of aromatic nitrogens is 5. The summed E-state index contributed by atoms with van der Waals surface area (Å²) in [5.41, 5.74) is 0.741.